The Morgan fingerprint density at radius 3 is 2.79 bits per heavy atom. The molecule has 1 aliphatic carbocycles. The molecule has 2 unspecified atom stereocenters. The lowest BCUT2D eigenvalue weighted by molar-refractivity contribution is 0.119. The highest BCUT2D eigenvalue weighted by Crippen LogP contribution is 2.49. The van der Waals surface area contributed by atoms with Gasteiger partial charge in [-0.1, -0.05) is 0 Å². The van der Waals surface area contributed by atoms with E-state index in [2.05, 4.69) is 10.2 Å². The van der Waals surface area contributed by atoms with E-state index in [-0.39, 0.29) is 11.5 Å². The molecule has 2 atom stereocenters. The van der Waals surface area contributed by atoms with Gasteiger partial charge in [0.05, 0.1) is 12.2 Å². The molecule has 150 valence electrons. The number of amides is 1. The molecule has 2 aromatic rings. The van der Waals surface area contributed by atoms with Crippen molar-refractivity contribution in [2.45, 2.75) is 32.6 Å². The van der Waals surface area contributed by atoms with Crippen LogP contribution in [0, 0.1) is 30.5 Å². The normalized spacial score (nSPS) is 22.3. The van der Waals surface area contributed by atoms with E-state index in [1.807, 2.05) is 0 Å². The van der Waals surface area contributed by atoms with Crippen LogP contribution in [-0.2, 0) is 0 Å². The zero-order valence-electron chi connectivity index (χ0n) is 15.8. The van der Waals surface area contributed by atoms with Crippen molar-refractivity contribution in [2.75, 3.05) is 19.7 Å². The maximum absolute atomic E-state index is 14.3. The van der Waals surface area contributed by atoms with E-state index >= 15 is 0 Å². The predicted molar refractivity (Wildman–Crippen MR) is 98.5 cm³/mol. The fourth-order valence-corrected chi connectivity index (χ4v) is 4.19. The highest BCUT2D eigenvalue weighted by Gasteiger charge is 2.43. The fraction of sp³-hybridized carbons (Fsp3) is 0.550. The number of carboxylic acid groups (broad SMARTS) is 1. The summed E-state index contributed by atoms with van der Waals surface area (Å²) in [5, 5.41) is 16.6. The third-order valence-corrected chi connectivity index (χ3v) is 5.85. The van der Waals surface area contributed by atoms with Crippen LogP contribution in [0.25, 0.3) is 11.5 Å². The molecule has 1 aromatic carbocycles. The van der Waals surface area contributed by atoms with Gasteiger partial charge in [0.25, 0.3) is 5.89 Å². The smallest absolute Gasteiger partial charge is 0.407 e. The van der Waals surface area contributed by atoms with Crippen LogP contribution in [0.2, 0.25) is 0 Å². The van der Waals surface area contributed by atoms with Gasteiger partial charge < -0.3 is 19.2 Å². The molecule has 1 amide bonds. The molecule has 0 radical (unpaired) electrons. The summed E-state index contributed by atoms with van der Waals surface area (Å²) in [5.74, 6) is 2.53. The Hall–Kier alpha value is -2.64. The Kier molecular flexibility index (Phi) is 5.19. The SMILES string of the molecule is Cc1nnc(-c2ccc(OCCC3CC3C3CCN(C(=O)O)CC3)cc2F)o1. The molecule has 28 heavy (non-hydrogen) atoms. The number of ether oxygens (including phenoxy) is 1. The summed E-state index contributed by atoms with van der Waals surface area (Å²) in [4.78, 5) is 12.5. The maximum atomic E-state index is 14.3. The van der Waals surface area contributed by atoms with Gasteiger partial charge >= 0.3 is 6.09 Å². The second-order valence-electron chi connectivity index (χ2n) is 7.67. The van der Waals surface area contributed by atoms with Crippen LogP contribution in [0.1, 0.15) is 31.6 Å². The molecule has 2 fully saturated rings. The summed E-state index contributed by atoms with van der Waals surface area (Å²) in [5.41, 5.74) is 0.267. The molecule has 1 aromatic heterocycles. The van der Waals surface area contributed by atoms with Crippen LogP contribution in [0.15, 0.2) is 22.6 Å². The summed E-state index contributed by atoms with van der Waals surface area (Å²) >= 11 is 0. The van der Waals surface area contributed by atoms with Gasteiger partial charge in [-0.3, -0.25) is 0 Å². The Balaban J connectivity index is 1.22. The second-order valence-corrected chi connectivity index (χ2v) is 7.67. The van der Waals surface area contributed by atoms with Crippen molar-refractivity contribution in [1.82, 2.24) is 15.1 Å². The number of aromatic nitrogens is 2. The molecule has 8 heteroatoms. The van der Waals surface area contributed by atoms with Crippen LogP contribution in [0.3, 0.4) is 0 Å². The summed E-state index contributed by atoms with van der Waals surface area (Å²) in [6.45, 7) is 3.50. The number of hydrogen-bond donors (Lipinski definition) is 1. The zero-order chi connectivity index (χ0) is 19.7. The van der Waals surface area contributed by atoms with Gasteiger partial charge in [0.15, 0.2) is 0 Å². The van der Waals surface area contributed by atoms with E-state index in [4.69, 9.17) is 14.3 Å². The minimum atomic E-state index is -0.813. The van der Waals surface area contributed by atoms with Gasteiger partial charge in [-0.2, -0.15) is 0 Å². The summed E-state index contributed by atoms with van der Waals surface area (Å²) in [7, 11) is 0. The molecule has 1 aliphatic heterocycles. The van der Waals surface area contributed by atoms with Crippen molar-refractivity contribution < 1.29 is 23.4 Å². The molecule has 7 nitrogen and oxygen atoms in total. The predicted octanol–water partition coefficient (Wildman–Crippen LogP) is 3.98. The molecule has 0 spiro atoms. The quantitative estimate of drug-likeness (QED) is 0.804. The average Bonchev–Trinajstić information content (AvgIpc) is 3.33. The van der Waals surface area contributed by atoms with Crippen molar-refractivity contribution in [3.63, 3.8) is 0 Å². The van der Waals surface area contributed by atoms with Crippen molar-refractivity contribution in [1.29, 1.82) is 0 Å². The molecule has 2 aliphatic rings. The number of likely N-dealkylation sites (tertiary alicyclic amines) is 1. The largest absolute Gasteiger partial charge is 0.493 e. The van der Waals surface area contributed by atoms with Crippen LogP contribution < -0.4 is 4.74 Å². The van der Waals surface area contributed by atoms with Crippen LogP contribution in [0.4, 0.5) is 9.18 Å². The second kappa shape index (κ2) is 7.77. The molecule has 1 saturated heterocycles. The van der Waals surface area contributed by atoms with Crippen molar-refractivity contribution in [3.05, 3.63) is 29.9 Å². The van der Waals surface area contributed by atoms with Crippen LogP contribution >= 0.6 is 0 Å². The van der Waals surface area contributed by atoms with Gasteiger partial charge in [0.2, 0.25) is 5.89 Å². The van der Waals surface area contributed by atoms with Crippen LogP contribution in [-0.4, -0.2) is 46.0 Å². The Bertz CT molecular complexity index is 848. The monoisotopic (exact) mass is 389 g/mol. The maximum Gasteiger partial charge on any atom is 0.407 e. The van der Waals surface area contributed by atoms with Crippen LogP contribution in [0.5, 0.6) is 5.75 Å². The van der Waals surface area contributed by atoms with Gasteiger partial charge in [-0.15, -0.1) is 10.2 Å². The highest BCUT2D eigenvalue weighted by molar-refractivity contribution is 5.65. The first kappa shape index (κ1) is 18.7. The van der Waals surface area contributed by atoms with Gasteiger partial charge in [0.1, 0.15) is 11.6 Å². The lowest BCUT2D eigenvalue weighted by atomic mass is 9.91. The van der Waals surface area contributed by atoms with E-state index in [9.17, 15) is 9.18 Å². The van der Waals surface area contributed by atoms with E-state index in [0.717, 1.165) is 19.3 Å². The van der Waals surface area contributed by atoms with Crippen molar-refractivity contribution in [2.24, 2.45) is 17.8 Å². The number of hydrogen-bond acceptors (Lipinski definition) is 5. The van der Waals surface area contributed by atoms with Gasteiger partial charge in [0, 0.05) is 26.1 Å². The topological polar surface area (TPSA) is 88.7 Å². The number of aryl methyl sites for hydroxylation is 1. The molecule has 0 bridgehead atoms. The number of halogens is 1. The Morgan fingerprint density at radius 2 is 2.14 bits per heavy atom. The zero-order valence-corrected chi connectivity index (χ0v) is 15.8. The van der Waals surface area contributed by atoms with E-state index in [1.165, 1.54) is 17.4 Å². The third-order valence-electron chi connectivity index (χ3n) is 5.85. The number of piperidine rings is 1. The Morgan fingerprint density at radius 1 is 1.36 bits per heavy atom. The number of carbonyl (C=O) groups is 1. The average molecular weight is 389 g/mol. The first-order valence-electron chi connectivity index (χ1n) is 9.72. The molecule has 1 saturated carbocycles. The highest BCUT2D eigenvalue weighted by atomic mass is 19.1. The molecule has 4 rings (SSSR count). The standard InChI is InChI=1S/C20H24FN3O4/c1-12-22-23-19(28-12)16-3-2-15(11-18(16)21)27-9-6-14-10-17(14)13-4-7-24(8-5-13)20(25)26/h2-3,11,13-14,17H,4-10H2,1H3,(H,25,26). The lowest BCUT2D eigenvalue weighted by Gasteiger charge is -2.30. The summed E-state index contributed by atoms with van der Waals surface area (Å²) < 4.78 is 25.3. The third kappa shape index (κ3) is 4.10. The first-order chi connectivity index (χ1) is 13.5. The molecule has 2 heterocycles. The molecular formula is C20H24FN3O4. The van der Waals surface area contributed by atoms with Gasteiger partial charge in [-0.25, -0.2) is 9.18 Å². The first-order valence-corrected chi connectivity index (χ1v) is 9.72. The summed E-state index contributed by atoms with van der Waals surface area (Å²) in [6, 6.07) is 4.65. The number of nitrogens with zero attached hydrogens (tertiary/aromatic N) is 3. The minimum Gasteiger partial charge on any atom is -0.493 e. The van der Waals surface area contributed by atoms with E-state index in [1.54, 1.807) is 19.1 Å². The van der Waals surface area contributed by atoms with Crippen molar-refractivity contribution in [3.8, 4) is 17.2 Å². The molecule has 1 N–H and O–H groups in total. The fourth-order valence-electron chi connectivity index (χ4n) is 4.19. The summed E-state index contributed by atoms with van der Waals surface area (Å²) in [6.07, 6.45) is 3.22. The number of benzene rings is 1. The number of rotatable bonds is 6. The van der Waals surface area contributed by atoms with Crippen molar-refractivity contribution >= 4 is 6.09 Å². The van der Waals surface area contributed by atoms with Gasteiger partial charge in [-0.05, 0) is 55.6 Å². The van der Waals surface area contributed by atoms with E-state index in [0.29, 0.717) is 49.1 Å². The van der Waals surface area contributed by atoms with E-state index < -0.39 is 11.9 Å². The minimum absolute atomic E-state index is 0.163. The lowest BCUT2D eigenvalue weighted by Crippen LogP contribution is -2.38. The molecular weight excluding hydrogens is 365 g/mol. The Labute approximate surface area is 162 Å².